The first kappa shape index (κ1) is 16.5. The van der Waals surface area contributed by atoms with Crippen molar-refractivity contribution in [1.29, 1.82) is 0 Å². The number of ether oxygens (including phenoxy) is 2. The van der Waals surface area contributed by atoms with Crippen molar-refractivity contribution in [2.75, 3.05) is 33.9 Å². The van der Waals surface area contributed by atoms with Crippen LogP contribution in [0, 0.1) is 0 Å². The summed E-state index contributed by atoms with van der Waals surface area (Å²) in [5, 5.41) is 0. The van der Waals surface area contributed by atoms with Crippen molar-refractivity contribution in [2.24, 2.45) is 10.7 Å². The van der Waals surface area contributed by atoms with E-state index in [1.54, 1.807) is 14.2 Å². The molecule has 2 N–H and O–H groups in total. The van der Waals surface area contributed by atoms with Crippen LogP contribution in [0.15, 0.2) is 23.2 Å². The first-order valence-electron chi connectivity index (χ1n) is 8.00. The molecule has 2 rings (SSSR count). The van der Waals surface area contributed by atoms with Crippen LogP contribution in [0.4, 0.5) is 0 Å². The average molecular weight is 305 g/mol. The number of aryl methyl sites for hydroxylation is 1. The topological polar surface area (TPSA) is 60.1 Å². The molecule has 22 heavy (non-hydrogen) atoms. The smallest absolute Gasteiger partial charge is 0.191 e. The van der Waals surface area contributed by atoms with Crippen LogP contribution in [0.5, 0.6) is 11.5 Å². The fourth-order valence-electron chi connectivity index (χ4n) is 2.74. The molecule has 5 heteroatoms. The van der Waals surface area contributed by atoms with Crippen LogP contribution >= 0.6 is 0 Å². The highest BCUT2D eigenvalue weighted by Crippen LogP contribution is 2.27. The van der Waals surface area contributed by atoms with E-state index in [0.717, 1.165) is 44.0 Å². The molecule has 0 aliphatic carbocycles. The number of piperidine rings is 1. The van der Waals surface area contributed by atoms with Gasteiger partial charge in [-0.05, 0) is 49.8 Å². The maximum Gasteiger partial charge on any atom is 0.191 e. The summed E-state index contributed by atoms with van der Waals surface area (Å²) < 4.78 is 10.6. The molecule has 0 amide bonds. The Hall–Kier alpha value is -1.91. The van der Waals surface area contributed by atoms with Gasteiger partial charge >= 0.3 is 0 Å². The third-order valence-electron chi connectivity index (χ3n) is 4.03. The summed E-state index contributed by atoms with van der Waals surface area (Å²) in [6.07, 6.45) is 5.69. The number of hydrogen-bond donors (Lipinski definition) is 1. The molecular weight excluding hydrogens is 278 g/mol. The van der Waals surface area contributed by atoms with E-state index in [-0.39, 0.29) is 0 Å². The molecule has 0 aromatic heterocycles. The second kappa shape index (κ2) is 8.51. The third kappa shape index (κ3) is 4.55. The van der Waals surface area contributed by atoms with E-state index in [4.69, 9.17) is 15.2 Å². The molecule has 0 radical (unpaired) electrons. The molecule has 1 aliphatic rings. The Balaban J connectivity index is 1.80. The minimum absolute atomic E-state index is 0.701. The number of aliphatic imine (C=N–C) groups is 1. The van der Waals surface area contributed by atoms with E-state index in [1.807, 2.05) is 12.1 Å². The Morgan fingerprint density at radius 2 is 1.86 bits per heavy atom. The normalized spacial score (nSPS) is 15.7. The third-order valence-corrected chi connectivity index (χ3v) is 4.03. The van der Waals surface area contributed by atoms with Gasteiger partial charge in [0.1, 0.15) is 0 Å². The molecule has 1 aliphatic heterocycles. The maximum absolute atomic E-state index is 6.05. The van der Waals surface area contributed by atoms with Gasteiger partial charge in [0.2, 0.25) is 0 Å². The zero-order valence-electron chi connectivity index (χ0n) is 13.7. The largest absolute Gasteiger partial charge is 0.493 e. The molecule has 0 unspecified atom stereocenters. The van der Waals surface area contributed by atoms with Crippen molar-refractivity contribution in [3.8, 4) is 11.5 Å². The minimum Gasteiger partial charge on any atom is -0.493 e. The lowest BCUT2D eigenvalue weighted by Crippen LogP contribution is -2.40. The predicted molar refractivity (Wildman–Crippen MR) is 89.8 cm³/mol. The SMILES string of the molecule is COc1ccc(CCCN=C(N)N2CCCCC2)cc1OC. The molecule has 1 saturated heterocycles. The quantitative estimate of drug-likeness (QED) is 0.498. The number of methoxy groups -OCH3 is 2. The molecule has 5 nitrogen and oxygen atoms in total. The highest BCUT2D eigenvalue weighted by Gasteiger charge is 2.11. The van der Waals surface area contributed by atoms with E-state index in [1.165, 1.54) is 24.8 Å². The van der Waals surface area contributed by atoms with Crippen molar-refractivity contribution < 1.29 is 9.47 Å². The number of rotatable bonds is 6. The molecule has 122 valence electrons. The highest BCUT2D eigenvalue weighted by atomic mass is 16.5. The Morgan fingerprint density at radius 3 is 2.55 bits per heavy atom. The Labute approximate surface area is 133 Å². The zero-order chi connectivity index (χ0) is 15.8. The molecule has 0 bridgehead atoms. The lowest BCUT2D eigenvalue weighted by Gasteiger charge is -2.27. The molecule has 1 heterocycles. The number of guanidine groups is 1. The maximum atomic E-state index is 6.05. The molecule has 0 atom stereocenters. The predicted octanol–water partition coefficient (Wildman–Crippen LogP) is 2.44. The zero-order valence-corrected chi connectivity index (χ0v) is 13.7. The van der Waals surface area contributed by atoms with Gasteiger partial charge in [0, 0.05) is 19.6 Å². The van der Waals surface area contributed by atoms with Crippen LogP contribution in [0.2, 0.25) is 0 Å². The molecule has 1 aromatic carbocycles. The van der Waals surface area contributed by atoms with E-state index >= 15 is 0 Å². The van der Waals surface area contributed by atoms with Crippen LogP contribution in [0.1, 0.15) is 31.2 Å². The Kier molecular flexibility index (Phi) is 6.37. The summed E-state index contributed by atoms with van der Waals surface area (Å²) in [4.78, 5) is 6.70. The number of nitrogens with two attached hydrogens (primary N) is 1. The van der Waals surface area contributed by atoms with Crippen molar-refractivity contribution in [3.63, 3.8) is 0 Å². The van der Waals surface area contributed by atoms with E-state index in [0.29, 0.717) is 5.96 Å². The summed E-state index contributed by atoms with van der Waals surface area (Å²) in [6.45, 7) is 2.85. The van der Waals surface area contributed by atoms with Crippen LogP contribution in [-0.4, -0.2) is 44.7 Å². The van der Waals surface area contributed by atoms with E-state index in [2.05, 4.69) is 16.0 Å². The van der Waals surface area contributed by atoms with Crippen molar-refractivity contribution in [3.05, 3.63) is 23.8 Å². The highest BCUT2D eigenvalue weighted by molar-refractivity contribution is 5.78. The second-order valence-electron chi connectivity index (χ2n) is 5.58. The molecule has 0 spiro atoms. The van der Waals surface area contributed by atoms with Gasteiger partial charge in [0.05, 0.1) is 14.2 Å². The van der Waals surface area contributed by atoms with Crippen LogP contribution in [0.3, 0.4) is 0 Å². The lowest BCUT2D eigenvalue weighted by molar-refractivity contribution is 0.338. The van der Waals surface area contributed by atoms with Gasteiger partial charge in [-0.25, -0.2) is 0 Å². The van der Waals surface area contributed by atoms with Gasteiger partial charge in [-0.3, -0.25) is 4.99 Å². The fraction of sp³-hybridized carbons (Fsp3) is 0.588. The molecular formula is C17H27N3O2. The number of likely N-dealkylation sites (tertiary alicyclic amines) is 1. The fourth-order valence-corrected chi connectivity index (χ4v) is 2.74. The van der Waals surface area contributed by atoms with Gasteiger partial charge in [-0.15, -0.1) is 0 Å². The van der Waals surface area contributed by atoms with E-state index < -0.39 is 0 Å². The number of nitrogens with zero attached hydrogens (tertiary/aromatic N) is 2. The summed E-state index contributed by atoms with van der Waals surface area (Å²) >= 11 is 0. The summed E-state index contributed by atoms with van der Waals surface area (Å²) in [5.74, 6) is 2.24. The van der Waals surface area contributed by atoms with Gasteiger partial charge in [-0.2, -0.15) is 0 Å². The first-order chi connectivity index (χ1) is 10.7. The first-order valence-corrected chi connectivity index (χ1v) is 8.00. The van der Waals surface area contributed by atoms with Crippen LogP contribution in [-0.2, 0) is 6.42 Å². The molecule has 0 saturated carbocycles. The van der Waals surface area contributed by atoms with Crippen LogP contribution < -0.4 is 15.2 Å². The van der Waals surface area contributed by atoms with Crippen LogP contribution in [0.25, 0.3) is 0 Å². The Morgan fingerprint density at radius 1 is 1.14 bits per heavy atom. The summed E-state index contributed by atoms with van der Waals surface area (Å²) in [6, 6.07) is 6.04. The van der Waals surface area contributed by atoms with Gasteiger partial charge in [0.25, 0.3) is 0 Å². The van der Waals surface area contributed by atoms with Gasteiger partial charge in [0.15, 0.2) is 17.5 Å². The minimum atomic E-state index is 0.701. The van der Waals surface area contributed by atoms with E-state index in [9.17, 15) is 0 Å². The molecule has 1 aromatic rings. The van der Waals surface area contributed by atoms with Crippen molar-refractivity contribution >= 4 is 5.96 Å². The van der Waals surface area contributed by atoms with Gasteiger partial charge < -0.3 is 20.1 Å². The number of benzene rings is 1. The monoisotopic (exact) mass is 305 g/mol. The average Bonchev–Trinajstić information content (AvgIpc) is 2.59. The standard InChI is InChI=1S/C17H27N3O2/c1-21-15-9-8-14(13-16(15)22-2)7-6-10-19-17(18)20-11-4-3-5-12-20/h8-9,13H,3-7,10-12H2,1-2H3,(H2,18,19). The summed E-state index contributed by atoms with van der Waals surface area (Å²) in [5.41, 5.74) is 7.28. The summed E-state index contributed by atoms with van der Waals surface area (Å²) in [7, 11) is 3.31. The number of hydrogen-bond acceptors (Lipinski definition) is 3. The lowest BCUT2D eigenvalue weighted by atomic mass is 10.1. The Bertz CT molecular complexity index is 497. The second-order valence-corrected chi connectivity index (χ2v) is 5.58. The molecule has 1 fully saturated rings. The van der Waals surface area contributed by atoms with Gasteiger partial charge in [-0.1, -0.05) is 6.07 Å². The van der Waals surface area contributed by atoms with Crippen molar-refractivity contribution in [2.45, 2.75) is 32.1 Å². The van der Waals surface area contributed by atoms with Crippen molar-refractivity contribution in [1.82, 2.24) is 4.90 Å².